The molecule has 3 atom stereocenters. The molecule has 2 rings (SSSR count). The highest BCUT2D eigenvalue weighted by Gasteiger charge is 2.62. The van der Waals surface area contributed by atoms with Crippen molar-refractivity contribution >= 4 is 21.9 Å². The minimum absolute atomic E-state index is 0.121. The topological polar surface area (TPSA) is 26.3 Å². The van der Waals surface area contributed by atoms with E-state index < -0.39 is 0 Å². The zero-order valence-corrected chi connectivity index (χ0v) is 11.3. The fourth-order valence-electron chi connectivity index (χ4n) is 3.50. The molecule has 2 fully saturated rings. The lowest BCUT2D eigenvalue weighted by Gasteiger charge is -2.38. The Hall–Kier alpha value is -0.0500. The number of hydrogen-bond donors (Lipinski definition) is 0. The van der Waals surface area contributed by atoms with Crippen LogP contribution in [-0.4, -0.2) is 17.4 Å². The van der Waals surface area contributed by atoms with Crippen molar-refractivity contribution in [2.45, 2.75) is 46.1 Å². The first-order chi connectivity index (χ1) is 6.91. The van der Waals surface area contributed by atoms with Crippen molar-refractivity contribution in [1.29, 1.82) is 0 Å². The zero-order chi connectivity index (χ0) is 11.3. The van der Waals surface area contributed by atoms with Gasteiger partial charge in [-0.2, -0.15) is 0 Å². The van der Waals surface area contributed by atoms with E-state index in [1.165, 1.54) is 12.8 Å². The van der Waals surface area contributed by atoms with E-state index in [1.54, 1.807) is 0 Å². The van der Waals surface area contributed by atoms with Crippen LogP contribution >= 0.6 is 15.9 Å². The molecular formula is C12H19BrO2. The summed E-state index contributed by atoms with van der Waals surface area (Å²) in [7, 11) is 0. The van der Waals surface area contributed by atoms with Crippen molar-refractivity contribution < 1.29 is 9.53 Å². The highest BCUT2D eigenvalue weighted by Crippen LogP contribution is 2.66. The molecule has 86 valence electrons. The van der Waals surface area contributed by atoms with E-state index in [-0.39, 0.29) is 17.5 Å². The van der Waals surface area contributed by atoms with Crippen LogP contribution in [0.25, 0.3) is 0 Å². The molecule has 0 radical (unpaired) electrons. The van der Waals surface area contributed by atoms with Crippen LogP contribution in [0.15, 0.2) is 0 Å². The standard InChI is InChI=1S/C12H19BrO2/c1-11(2)8-4-5-12(11,3)9(6-8)15-10(14)7-13/h8-9H,4-7H2,1-3H3/t8-,9-,12+/m0/s1. The molecule has 2 aliphatic carbocycles. The summed E-state index contributed by atoms with van der Waals surface area (Å²) in [6.07, 6.45) is 3.69. The van der Waals surface area contributed by atoms with Crippen LogP contribution in [-0.2, 0) is 9.53 Å². The number of rotatable bonds is 2. The third-order valence-corrected chi connectivity index (χ3v) is 5.55. The van der Waals surface area contributed by atoms with Crippen molar-refractivity contribution in [2.24, 2.45) is 16.7 Å². The smallest absolute Gasteiger partial charge is 0.316 e. The van der Waals surface area contributed by atoms with Gasteiger partial charge in [-0.05, 0) is 30.6 Å². The van der Waals surface area contributed by atoms with Gasteiger partial charge in [-0.1, -0.05) is 36.7 Å². The number of carbonyl (C=O) groups excluding carboxylic acids is 1. The van der Waals surface area contributed by atoms with Gasteiger partial charge in [0.15, 0.2) is 0 Å². The summed E-state index contributed by atoms with van der Waals surface area (Å²) < 4.78 is 5.55. The van der Waals surface area contributed by atoms with E-state index in [0.717, 1.165) is 12.3 Å². The Kier molecular flexibility index (Phi) is 2.65. The molecule has 0 aliphatic heterocycles. The molecule has 0 spiro atoms. The predicted octanol–water partition coefficient (Wildman–Crippen LogP) is 3.14. The van der Waals surface area contributed by atoms with Gasteiger partial charge in [0, 0.05) is 5.41 Å². The largest absolute Gasteiger partial charge is 0.461 e. The molecule has 2 nitrogen and oxygen atoms in total. The first-order valence-corrected chi connectivity index (χ1v) is 6.79. The SMILES string of the molecule is CC1(C)[C@H]2CC[C@]1(C)[C@@H](OC(=O)CBr)C2. The number of ether oxygens (including phenoxy) is 1. The minimum Gasteiger partial charge on any atom is -0.461 e. The van der Waals surface area contributed by atoms with Crippen molar-refractivity contribution in [3.8, 4) is 0 Å². The summed E-state index contributed by atoms with van der Waals surface area (Å²) in [6, 6.07) is 0. The number of esters is 1. The Morgan fingerprint density at radius 1 is 1.47 bits per heavy atom. The molecule has 0 N–H and O–H groups in total. The third-order valence-electron chi connectivity index (χ3n) is 5.10. The predicted molar refractivity (Wildman–Crippen MR) is 62.9 cm³/mol. The summed E-state index contributed by atoms with van der Waals surface area (Å²) in [5, 5.41) is 0.310. The van der Waals surface area contributed by atoms with Gasteiger partial charge in [0.05, 0.1) is 0 Å². The summed E-state index contributed by atoms with van der Waals surface area (Å²) in [4.78, 5) is 11.3. The quantitative estimate of drug-likeness (QED) is 0.571. The van der Waals surface area contributed by atoms with Crippen molar-refractivity contribution in [1.82, 2.24) is 0 Å². The minimum atomic E-state index is -0.121. The number of hydrogen-bond acceptors (Lipinski definition) is 2. The maximum atomic E-state index is 11.3. The maximum absolute atomic E-state index is 11.3. The molecule has 0 aromatic heterocycles. The molecular weight excluding hydrogens is 256 g/mol. The van der Waals surface area contributed by atoms with Crippen LogP contribution in [0.2, 0.25) is 0 Å². The lowest BCUT2D eigenvalue weighted by molar-refractivity contribution is -0.153. The Labute approximate surface area is 99.9 Å². The molecule has 15 heavy (non-hydrogen) atoms. The number of carbonyl (C=O) groups is 1. The molecule has 0 aromatic carbocycles. The molecule has 3 heteroatoms. The average Bonchev–Trinajstić information content (AvgIpc) is 2.50. The zero-order valence-electron chi connectivity index (χ0n) is 9.68. The Morgan fingerprint density at radius 2 is 2.13 bits per heavy atom. The fraction of sp³-hybridized carbons (Fsp3) is 0.917. The lowest BCUT2D eigenvalue weighted by Crippen LogP contribution is -2.38. The van der Waals surface area contributed by atoms with Crippen LogP contribution in [0.5, 0.6) is 0 Å². The molecule has 0 saturated heterocycles. The summed E-state index contributed by atoms with van der Waals surface area (Å²) >= 11 is 3.15. The van der Waals surface area contributed by atoms with E-state index >= 15 is 0 Å². The maximum Gasteiger partial charge on any atom is 0.316 e. The average molecular weight is 275 g/mol. The Balaban J connectivity index is 2.15. The molecule has 2 aliphatic rings. The van der Waals surface area contributed by atoms with E-state index in [9.17, 15) is 4.79 Å². The van der Waals surface area contributed by atoms with Gasteiger partial charge >= 0.3 is 5.97 Å². The molecule has 0 amide bonds. The van der Waals surface area contributed by atoms with Crippen LogP contribution in [0.1, 0.15) is 40.0 Å². The first kappa shape index (κ1) is 11.4. The van der Waals surface area contributed by atoms with Crippen molar-refractivity contribution in [2.75, 3.05) is 5.33 Å². The monoisotopic (exact) mass is 274 g/mol. The highest BCUT2D eigenvalue weighted by molar-refractivity contribution is 9.09. The second-order valence-corrected chi connectivity index (χ2v) is 6.28. The van der Waals surface area contributed by atoms with E-state index in [1.807, 2.05) is 0 Å². The normalized spacial score (nSPS) is 41.9. The van der Waals surface area contributed by atoms with Crippen LogP contribution in [0.4, 0.5) is 0 Å². The molecule has 2 bridgehead atoms. The molecule has 0 heterocycles. The van der Waals surface area contributed by atoms with Crippen molar-refractivity contribution in [3.63, 3.8) is 0 Å². The number of halogens is 1. The van der Waals surface area contributed by atoms with Gasteiger partial charge in [0.1, 0.15) is 11.4 Å². The first-order valence-electron chi connectivity index (χ1n) is 5.67. The van der Waals surface area contributed by atoms with Gasteiger partial charge in [-0.3, -0.25) is 4.79 Å². The van der Waals surface area contributed by atoms with Crippen LogP contribution < -0.4 is 0 Å². The van der Waals surface area contributed by atoms with Gasteiger partial charge in [-0.25, -0.2) is 0 Å². The van der Waals surface area contributed by atoms with Crippen LogP contribution in [0, 0.1) is 16.7 Å². The van der Waals surface area contributed by atoms with Gasteiger partial charge in [0.2, 0.25) is 0 Å². The lowest BCUT2D eigenvalue weighted by atomic mass is 9.70. The van der Waals surface area contributed by atoms with Gasteiger partial charge in [-0.15, -0.1) is 0 Å². The molecule has 0 aromatic rings. The van der Waals surface area contributed by atoms with E-state index in [4.69, 9.17) is 4.74 Å². The Bertz CT molecular complexity index is 287. The number of alkyl halides is 1. The van der Waals surface area contributed by atoms with Crippen LogP contribution in [0.3, 0.4) is 0 Å². The van der Waals surface area contributed by atoms with E-state index in [2.05, 4.69) is 36.7 Å². The molecule has 2 saturated carbocycles. The second-order valence-electron chi connectivity index (χ2n) is 5.72. The molecule has 0 unspecified atom stereocenters. The fourth-order valence-corrected chi connectivity index (χ4v) is 3.63. The van der Waals surface area contributed by atoms with Gasteiger partial charge < -0.3 is 4.74 Å². The number of fused-ring (bicyclic) bond motifs is 2. The van der Waals surface area contributed by atoms with E-state index in [0.29, 0.717) is 10.7 Å². The second kappa shape index (κ2) is 3.47. The summed E-state index contributed by atoms with van der Waals surface area (Å²) in [6.45, 7) is 6.94. The van der Waals surface area contributed by atoms with Gasteiger partial charge in [0.25, 0.3) is 0 Å². The third kappa shape index (κ3) is 1.46. The Morgan fingerprint density at radius 3 is 2.53 bits per heavy atom. The van der Waals surface area contributed by atoms with Crippen molar-refractivity contribution in [3.05, 3.63) is 0 Å². The summed E-state index contributed by atoms with van der Waals surface area (Å²) in [5.74, 6) is 0.611. The summed E-state index contributed by atoms with van der Waals surface area (Å²) in [5.41, 5.74) is 0.514. The highest BCUT2D eigenvalue weighted by atomic mass is 79.9.